The first-order valence-corrected chi connectivity index (χ1v) is 5.70. The molecule has 0 aromatic heterocycles. The number of benzene rings is 1. The molecule has 1 rings (SSSR count). The lowest BCUT2D eigenvalue weighted by Gasteiger charge is -2.22. The van der Waals surface area contributed by atoms with Gasteiger partial charge in [0.1, 0.15) is 0 Å². The molecule has 0 aliphatic heterocycles. The second kappa shape index (κ2) is 6.74. The number of nitrogens with zero attached hydrogens (tertiary/aromatic N) is 2. The summed E-state index contributed by atoms with van der Waals surface area (Å²) in [5.41, 5.74) is 1.10. The summed E-state index contributed by atoms with van der Waals surface area (Å²) in [5.74, 6) is -0.166. The molecular weight excluding hydrogens is 230 g/mol. The Morgan fingerprint density at radius 2 is 2.33 bits per heavy atom. The molecule has 1 atom stereocenters. The molecule has 0 fully saturated rings. The lowest BCUT2D eigenvalue weighted by molar-refractivity contribution is -0.120. The van der Waals surface area contributed by atoms with Crippen LogP contribution in [0.5, 0.6) is 0 Å². The number of carbonyl (C=O) groups excluding carboxylic acids is 1. The Kier molecular flexibility index (Phi) is 5.31. The summed E-state index contributed by atoms with van der Waals surface area (Å²) in [7, 11) is 1.77. The molecule has 1 amide bonds. The van der Waals surface area contributed by atoms with Gasteiger partial charge in [-0.3, -0.25) is 9.69 Å². The second-order valence-electron chi connectivity index (χ2n) is 4.06. The maximum absolute atomic E-state index is 11.9. The number of rotatable bonds is 5. The van der Waals surface area contributed by atoms with E-state index in [1.54, 1.807) is 43.1 Å². The molecule has 1 unspecified atom stereocenters. The number of carbonyl (C=O) groups is 1. The van der Waals surface area contributed by atoms with Crippen molar-refractivity contribution in [3.05, 3.63) is 29.8 Å². The van der Waals surface area contributed by atoms with Crippen LogP contribution < -0.4 is 5.32 Å². The molecule has 2 N–H and O–H groups in total. The zero-order valence-electron chi connectivity index (χ0n) is 10.6. The second-order valence-corrected chi connectivity index (χ2v) is 4.06. The third kappa shape index (κ3) is 3.84. The Labute approximate surface area is 107 Å². The molecule has 0 aliphatic rings. The molecule has 5 nitrogen and oxygen atoms in total. The van der Waals surface area contributed by atoms with E-state index in [9.17, 15) is 4.79 Å². The molecule has 0 radical (unpaired) electrons. The van der Waals surface area contributed by atoms with E-state index < -0.39 is 0 Å². The Morgan fingerprint density at radius 3 is 2.94 bits per heavy atom. The van der Waals surface area contributed by atoms with Crippen LogP contribution in [0.4, 0.5) is 5.69 Å². The SMILES string of the molecule is CC(C(=O)Nc1cccc(C#N)c1)N(C)CCO. The lowest BCUT2D eigenvalue weighted by atomic mass is 10.2. The standard InChI is InChI=1S/C13H17N3O2/c1-10(16(2)6-7-17)13(18)15-12-5-3-4-11(8-12)9-14/h3-5,8,10,17H,6-7H2,1-2H3,(H,15,18). The third-order valence-corrected chi connectivity index (χ3v) is 2.75. The van der Waals surface area contributed by atoms with Gasteiger partial charge in [-0.1, -0.05) is 6.07 Å². The van der Waals surface area contributed by atoms with Crippen LogP contribution in [0.2, 0.25) is 0 Å². The van der Waals surface area contributed by atoms with Crippen molar-refractivity contribution >= 4 is 11.6 Å². The summed E-state index contributed by atoms with van der Waals surface area (Å²) >= 11 is 0. The van der Waals surface area contributed by atoms with Crippen molar-refractivity contribution in [3.63, 3.8) is 0 Å². The molecule has 0 saturated carbocycles. The zero-order chi connectivity index (χ0) is 13.5. The van der Waals surface area contributed by atoms with Crippen LogP contribution >= 0.6 is 0 Å². The van der Waals surface area contributed by atoms with Crippen LogP contribution in [0.15, 0.2) is 24.3 Å². The van der Waals surface area contributed by atoms with Crippen molar-refractivity contribution in [1.29, 1.82) is 5.26 Å². The van der Waals surface area contributed by atoms with Crippen molar-refractivity contribution in [2.45, 2.75) is 13.0 Å². The van der Waals surface area contributed by atoms with E-state index in [1.165, 1.54) is 0 Å². The van der Waals surface area contributed by atoms with Gasteiger partial charge < -0.3 is 10.4 Å². The summed E-state index contributed by atoms with van der Waals surface area (Å²) < 4.78 is 0. The molecule has 1 aromatic rings. The first-order chi connectivity index (χ1) is 8.58. The van der Waals surface area contributed by atoms with E-state index in [0.29, 0.717) is 17.8 Å². The molecule has 1 aromatic carbocycles. The normalized spacial score (nSPS) is 11.9. The minimum Gasteiger partial charge on any atom is -0.395 e. The Hall–Kier alpha value is -1.90. The van der Waals surface area contributed by atoms with Gasteiger partial charge in [0.25, 0.3) is 0 Å². The number of hydrogen-bond acceptors (Lipinski definition) is 4. The fourth-order valence-electron chi connectivity index (χ4n) is 1.46. The van der Waals surface area contributed by atoms with Crippen molar-refractivity contribution in [2.75, 3.05) is 25.5 Å². The number of likely N-dealkylation sites (N-methyl/N-ethyl adjacent to an activating group) is 1. The molecule has 0 aliphatic carbocycles. The van der Waals surface area contributed by atoms with Crippen molar-refractivity contribution in [3.8, 4) is 6.07 Å². The molecule has 0 bridgehead atoms. The molecular formula is C13H17N3O2. The summed E-state index contributed by atoms with van der Waals surface area (Å²) in [6, 6.07) is 8.42. The van der Waals surface area contributed by atoms with Crippen LogP contribution in [-0.2, 0) is 4.79 Å². The van der Waals surface area contributed by atoms with E-state index in [2.05, 4.69) is 5.32 Å². The first kappa shape index (κ1) is 14.2. The van der Waals surface area contributed by atoms with Crippen LogP contribution in [0.3, 0.4) is 0 Å². The first-order valence-electron chi connectivity index (χ1n) is 5.70. The quantitative estimate of drug-likeness (QED) is 0.807. The van der Waals surface area contributed by atoms with E-state index in [0.717, 1.165) is 0 Å². The highest BCUT2D eigenvalue weighted by atomic mass is 16.3. The van der Waals surface area contributed by atoms with E-state index in [4.69, 9.17) is 10.4 Å². The number of aliphatic hydroxyl groups excluding tert-OH is 1. The molecule has 0 saturated heterocycles. The van der Waals surface area contributed by atoms with Gasteiger partial charge in [0, 0.05) is 12.2 Å². The Morgan fingerprint density at radius 1 is 1.61 bits per heavy atom. The maximum Gasteiger partial charge on any atom is 0.241 e. The Balaban J connectivity index is 2.66. The fraction of sp³-hybridized carbons (Fsp3) is 0.385. The smallest absolute Gasteiger partial charge is 0.241 e. The fourth-order valence-corrected chi connectivity index (χ4v) is 1.46. The number of anilines is 1. The van der Waals surface area contributed by atoms with Crippen LogP contribution in [0.1, 0.15) is 12.5 Å². The van der Waals surface area contributed by atoms with Crippen LogP contribution in [0.25, 0.3) is 0 Å². The van der Waals surface area contributed by atoms with Crippen LogP contribution in [0, 0.1) is 11.3 Å². The summed E-state index contributed by atoms with van der Waals surface area (Å²) in [6.45, 7) is 2.21. The predicted octanol–water partition coefficient (Wildman–Crippen LogP) is 0.809. The Bertz CT molecular complexity index is 454. The number of aliphatic hydroxyl groups is 1. The van der Waals surface area contributed by atoms with Gasteiger partial charge >= 0.3 is 0 Å². The number of hydrogen-bond donors (Lipinski definition) is 2. The van der Waals surface area contributed by atoms with Gasteiger partial charge in [0.2, 0.25) is 5.91 Å². The minimum absolute atomic E-state index is 0.0119. The number of amides is 1. The third-order valence-electron chi connectivity index (χ3n) is 2.75. The topological polar surface area (TPSA) is 76.4 Å². The number of nitriles is 1. The lowest BCUT2D eigenvalue weighted by Crippen LogP contribution is -2.40. The van der Waals surface area contributed by atoms with Crippen molar-refractivity contribution in [1.82, 2.24) is 4.90 Å². The van der Waals surface area contributed by atoms with E-state index >= 15 is 0 Å². The number of nitrogens with one attached hydrogen (secondary N) is 1. The highest BCUT2D eigenvalue weighted by molar-refractivity contribution is 5.94. The van der Waals surface area contributed by atoms with Gasteiger partial charge in [-0.15, -0.1) is 0 Å². The summed E-state index contributed by atoms with van der Waals surface area (Å²) in [4.78, 5) is 13.7. The molecule has 5 heteroatoms. The summed E-state index contributed by atoms with van der Waals surface area (Å²) in [6.07, 6.45) is 0. The monoisotopic (exact) mass is 247 g/mol. The average Bonchev–Trinajstić information content (AvgIpc) is 2.38. The highest BCUT2D eigenvalue weighted by Crippen LogP contribution is 2.10. The summed E-state index contributed by atoms with van der Waals surface area (Å²) in [5, 5.41) is 20.3. The van der Waals surface area contributed by atoms with Gasteiger partial charge in [0.05, 0.1) is 24.3 Å². The van der Waals surface area contributed by atoms with Gasteiger partial charge in [-0.25, -0.2) is 0 Å². The molecule has 18 heavy (non-hydrogen) atoms. The minimum atomic E-state index is -0.345. The highest BCUT2D eigenvalue weighted by Gasteiger charge is 2.17. The molecule has 96 valence electrons. The van der Waals surface area contributed by atoms with Crippen molar-refractivity contribution < 1.29 is 9.90 Å². The van der Waals surface area contributed by atoms with Crippen LogP contribution in [-0.4, -0.2) is 42.2 Å². The van der Waals surface area contributed by atoms with Gasteiger partial charge in [-0.05, 0) is 32.2 Å². The molecule has 0 heterocycles. The maximum atomic E-state index is 11.9. The largest absolute Gasteiger partial charge is 0.395 e. The van der Waals surface area contributed by atoms with Crippen molar-refractivity contribution in [2.24, 2.45) is 0 Å². The average molecular weight is 247 g/mol. The predicted molar refractivity (Wildman–Crippen MR) is 69.0 cm³/mol. The van der Waals surface area contributed by atoms with E-state index in [-0.39, 0.29) is 18.6 Å². The van der Waals surface area contributed by atoms with Gasteiger partial charge in [0.15, 0.2) is 0 Å². The van der Waals surface area contributed by atoms with Gasteiger partial charge in [-0.2, -0.15) is 5.26 Å². The molecule has 0 spiro atoms. The van der Waals surface area contributed by atoms with E-state index in [1.807, 2.05) is 6.07 Å². The zero-order valence-corrected chi connectivity index (χ0v) is 10.6.